The number of hydrogen-bond donors (Lipinski definition) is 3. The van der Waals surface area contributed by atoms with E-state index < -0.39 is 0 Å². The molecule has 2 aliphatic heterocycles. The van der Waals surface area contributed by atoms with Crippen LogP contribution in [-0.2, 0) is 32.7 Å². The number of furan rings is 1. The molecule has 7 rings (SSSR count). The lowest BCUT2D eigenvalue weighted by Crippen LogP contribution is -2.11. The number of benzene rings is 2. The maximum atomic E-state index is 9.20. The first kappa shape index (κ1) is 29.1. The van der Waals surface area contributed by atoms with Crippen LogP contribution in [-0.4, -0.2) is 48.0 Å². The fourth-order valence-corrected chi connectivity index (χ4v) is 5.23. The Balaban J connectivity index is 0.000000160. The standard InChI is InChI=1S/C18H15N5O.C15H15N5O/c19-12-23-10-15-16(11-23)21-18(20-9-14-7-4-8-24-14)22-17(15)13-5-2-1-3-6-13;16-10-20-8-12-13(9-20)18-15(17-6-7-21)19-14(12)11-4-2-1-3-5-11/h1-8H,9-11H2,(H,20,21,22);1-5,21H,6-9H2,(H,17,18,19). The number of anilines is 2. The molecule has 0 fully saturated rings. The zero-order chi connectivity index (χ0) is 31.0. The summed E-state index contributed by atoms with van der Waals surface area (Å²) in [6, 6.07) is 23.6. The van der Waals surface area contributed by atoms with Crippen LogP contribution in [0.2, 0.25) is 0 Å². The summed E-state index contributed by atoms with van der Waals surface area (Å²) >= 11 is 0. The van der Waals surface area contributed by atoms with Crippen LogP contribution in [0.15, 0.2) is 83.5 Å². The SMILES string of the molecule is N#CN1Cc2nc(NCCO)nc(-c3ccccc3)c2C1.N#CN1Cc2nc(NCc3ccco3)nc(-c3ccccc3)c2C1. The van der Waals surface area contributed by atoms with Gasteiger partial charge < -0.3 is 30.0 Å². The molecule has 5 heterocycles. The van der Waals surface area contributed by atoms with Gasteiger partial charge in [-0.3, -0.25) is 0 Å². The van der Waals surface area contributed by atoms with Crippen LogP contribution in [0.4, 0.5) is 11.9 Å². The molecule has 0 atom stereocenters. The van der Waals surface area contributed by atoms with Crippen LogP contribution in [0.1, 0.15) is 28.3 Å². The number of nitrogens with zero attached hydrogens (tertiary/aromatic N) is 8. The number of nitrogens with one attached hydrogen (secondary N) is 2. The van der Waals surface area contributed by atoms with E-state index in [9.17, 15) is 5.26 Å². The number of nitriles is 2. The zero-order valence-electron chi connectivity index (χ0n) is 24.4. The van der Waals surface area contributed by atoms with Gasteiger partial charge in [0, 0.05) is 28.8 Å². The molecule has 0 spiro atoms. The van der Waals surface area contributed by atoms with Crippen molar-refractivity contribution in [2.45, 2.75) is 32.7 Å². The van der Waals surface area contributed by atoms with Gasteiger partial charge in [0.2, 0.25) is 11.9 Å². The summed E-state index contributed by atoms with van der Waals surface area (Å²) in [4.78, 5) is 21.6. The highest BCUT2D eigenvalue weighted by Gasteiger charge is 2.26. The second-order valence-electron chi connectivity index (χ2n) is 10.4. The van der Waals surface area contributed by atoms with Gasteiger partial charge in [-0.25, -0.2) is 19.9 Å². The average Bonchev–Trinajstić information content (AvgIpc) is 3.86. The van der Waals surface area contributed by atoms with Gasteiger partial charge in [0.15, 0.2) is 12.4 Å². The van der Waals surface area contributed by atoms with Gasteiger partial charge in [0.25, 0.3) is 0 Å². The Morgan fingerprint density at radius 2 is 1.22 bits per heavy atom. The predicted octanol–water partition coefficient (Wildman–Crippen LogP) is 4.49. The van der Waals surface area contributed by atoms with Gasteiger partial charge in [-0.05, 0) is 12.1 Å². The summed E-state index contributed by atoms with van der Waals surface area (Å²) in [6.45, 7) is 3.04. The van der Waals surface area contributed by atoms with E-state index in [2.05, 4.69) is 43.0 Å². The van der Waals surface area contributed by atoms with Crippen molar-refractivity contribution in [3.8, 4) is 34.9 Å². The lowest BCUT2D eigenvalue weighted by atomic mass is 10.1. The second-order valence-corrected chi connectivity index (χ2v) is 10.4. The van der Waals surface area contributed by atoms with Crippen LogP contribution >= 0.6 is 0 Å². The maximum Gasteiger partial charge on any atom is 0.223 e. The molecule has 224 valence electrons. The molecule has 12 heteroatoms. The minimum Gasteiger partial charge on any atom is -0.467 e. The van der Waals surface area contributed by atoms with Crippen LogP contribution < -0.4 is 10.6 Å². The Morgan fingerprint density at radius 3 is 1.69 bits per heavy atom. The summed E-state index contributed by atoms with van der Waals surface area (Å²) in [6.07, 6.45) is 5.99. The van der Waals surface area contributed by atoms with E-state index >= 15 is 0 Å². The number of rotatable bonds is 8. The van der Waals surface area contributed by atoms with E-state index in [1.165, 1.54) is 0 Å². The Hall–Kier alpha value is -5.98. The summed E-state index contributed by atoms with van der Waals surface area (Å²) in [5.41, 5.74) is 7.53. The van der Waals surface area contributed by atoms with Crippen molar-refractivity contribution in [3.63, 3.8) is 0 Å². The number of hydrogen-bond acceptors (Lipinski definition) is 12. The van der Waals surface area contributed by atoms with Crippen molar-refractivity contribution in [1.82, 2.24) is 29.7 Å². The first-order chi connectivity index (χ1) is 22.1. The highest BCUT2D eigenvalue weighted by molar-refractivity contribution is 5.67. The molecule has 0 aliphatic carbocycles. The third-order valence-electron chi connectivity index (χ3n) is 7.34. The Labute approximate surface area is 260 Å². The van der Waals surface area contributed by atoms with Crippen molar-refractivity contribution in [3.05, 3.63) is 107 Å². The maximum absolute atomic E-state index is 9.20. The first-order valence-corrected chi connectivity index (χ1v) is 14.5. The van der Waals surface area contributed by atoms with E-state index in [1.54, 1.807) is 16.1 Å². The molecule has 0 saturated heterocycles. The van der Waals surface area contributed by atoms with E-state index in [0.29, 0.717) is 51.2 Å². The lowest BCUT2D eigenvalue weighted by molar-refractivity contribution is 0.311. The van der Waals surface area contributed by atoms with Crippen molar-refractivity contribution >= 4 is 11.9 Å². The first-order valence-electron chi connectivity index (χ1n) is 14.5. The molecule has 0 amide bonds. The van der Waals surface area contributed by atoms with E-state index in [4.69, 9.17) is 14.8 Å². The van der Waals surface area contributed by atoms with Crippen molar-refractivity contribution in [2.75, 3.05) is 23.8 Å². The van der Waals surface area contributed by atoms with Gasteiger partial charge in [-0.2, -0.15) is 10.5 Å². The monoisotopic (exact) mass is 598 g/mol. The number of aliphatic hydroxyl groups excluding tert-OH is 1. The van der Waals surface area contributed by atoms with Crippen molar-refractivity contribution in [1.29, 1.82) is 10.5 Å². The van der Waals surface area contributed by atoms with Crippen molar-refractivity contribution < 1.29 is 9.52 Å². The normalized spacial score (nSPS) is 12.8. The molecule has 5 aromatic rings. The lowest BCUT2D eigenvalue weighted by Gasteiger charge is -2.10. The molecule has 2 aliphatic rings. The second kappa shape index (κ2) is 13.5. The molecule has 12 nitrogen and oxygen atoms in total. The van der Waals surface area contributed by atoms with Crippen LogP contribution in [0.25, 0.3) is 22.5 Å². The summed E-state index contributed by atoms with van der Waals surface area (Å²) < 4.78 is 5.33. The molecular weight excluding hydrogens is 568 g/mol. The van der Waals surface area contributed by atoms with Gasteiger partial charge in [0.05, 0.1) is 68.4 Å². The largest absolute Gasteiger partial charge is 0.467 e. The summed E-state index contributed by atoms with van der Waals surface area (Å²) in [5.74, 6) is 1.85. The molecule has 2 aromatic carbocycles. The van der Waals surface area contributed by atoms with Gasteiger partial charge in [0.1, 0.15) is 5.76 Å². The topological polar surface area (TPSA) is 163 Å². The van der Waals surface area contributed by atoms with Gasteiger partial charge in [-0.15, -0.1) is 0 Å². The minimum atomic E-state index is 0.0193. The fourth-order valence-electron chi connectivity index (χ4n) is 5.23. The smallest absolute Gasteiger partial charge is 0.223 e. The molecule has 0 radical (unpaired) electrons. The Bertz CT molecular complexity index is 1830. The summed E-state index contributed by atoms with van der Waals surface area (Å²) in [5, 5.41) is 33.4. The number of aromatic nitrogens is 4. The predicted molar refractivity (Wildman–Crippen MR) is 166 cm³/mol. The molecule has 3 N–H and O–H groups in total. The van der Waals surface area contributed by atoms with Crippen LogP contribution in [0.5, 0.6) is 0 Å². The van der Waals surface area contributed by atoms with Crippen molar-refractivity contribution in [2.24, 2.45) is 0 Å². The molecule has 45 heavy (non-hydrogen) atoms. The van der Waals surface area contributed by atoms with Crippen LogP contribution in [0.3, 0.4) is 0 Å². The molecule has 0 unspecified atom stereocenters. The molecule has 3 aromatic heterocycles. The van der Waals surface area contributed by atoms with E-state index in [1.807, 2.05) is 72.8 Å². The Morgan fingerprint density at radius 1 is 0.689 bits per heavy atom. The molecular formula is C33H30N10O2. The third-order valence-corrected chi connectivity index (χ3v) is 7.34. The molecule has 0 saturated carbocycles. The summed E-state index contributed by atoms with van der Waals surface area (Å²) in [7, 11) is 0. The van der Waals surface area contributed by atoms with Gasteiger partial charge >= 0.3 is 0 Å². The Kier molecular flexibility index (Phi) is 8.76. The zero-order valence-corrected chi connectivity index (χ0v) is 24.4. The quantitative estimate of drug-likeness (QED) is 0.215. The van der Waals surface area contributed by atoms with E-state index in [-0.39, 0.29) is 6.61 Å². The minimum absolute atomic E-state index is 0.0193. The number of fused-ring (bicyclic) bond motifs is 2. The third kappa shape index (κ3) is 6.67. The van der Waals surface area contributed by atoms with Gasteiger partial charge in [-0.1, -0.05) is 60.7 Å². The highest BCUT2D eigenvalue weighted by Crippen LogP contribution is 2.32. The van der Waals surface area contributed by atoms with Crippen LogP contribution in [0, 0.1) is 22.9 Å². The average molecular weight is 599 g/mol. The molecule has 0 bridgehead atoms. The fraction of sp³-hybridized carbons (Fsp3) is 0.212. The van der Waals surface area contributed by atoms with E-state index in [0.717, 1.165) is 50.8 Å². The number of aliphatic hydroxyl groups is 1. The highest BCUT2D eigenvalue weighted by atomic mass is 16.3.